The summed E-state index contributed by atoms with van der Waals surface area (Å²) in [6.45, 7) is 15.8. The van der Waals surface area contributed by atoms with Gasteiger partial charge in [0.15, 0.2) is 94.3 Å². The van der Waals surface area contributed by atoms with Crippen molar-refractivity contribution in [3.05, 3.63) is 18.2 Å². The minimum Gasteiger partial charge on any atom is -0.481 e. The lowest BCUT2D eigenvalue weighted by molar-refractivity contribution is -0.145. The van der Waals surface area contributed by atoms with E-state index in [2.05, 4.69) is 52.5 Å². The number of ketones is 9. The number of nitrogens with zero attached hydrogens (tertiary/aromatic N) is 1. The Bertz CT molecular complexity index is 4080. The summed E-state index contributed by atoms with van der Waals surface area (Å²) in [5.41, 5.74) is 78.4. The average molecular weight is 1850 g/mol. The van der Waals surface area contributed by atoms with Crippen LogP contribution in [0.15, 0.2) is 12.5 Å². The van der Waals surface area contributed by atoms with Crippen LogP contribution in [-0.4, -0.2) is 298 Å². The fourth-order valence-electron chi connectivity index (χ4n) is 12.5. The maximum Gasteiger partial charge on any atom is 0.305 e. The number of imidazole rings is 1. The number of carbonyl (C=O) groups excluding carboxylic acids is 21. The number of aromatic amines is 1. The molecule has 732 valence electrons. The number of hydrogen-bond donors (Lipinski definition) is 29. The van der Waals surface area contributed by atoms with Crippen LogP contribution in [0.25, 0.3) is 0 Å². The number of nitrogens with two attached hydrogens (primary N) is 13. The van der Waals surface area contributed by atoms with Crippen LogP contribution < -0.4 is 149 Å². The van der Waals surface area contributed by atoms with Crippen LogP contribution in [0.1, 0.15) is 159 Å². The summed E-state index contributed by atoms with van der Waals surface area (Å²) in [5, 5.41) is 40.8. The number of carboxylic acids is 1. The Morgan fingerprint density at radius 2 is 0.754 bits per heavy atom. The second kappa shape index (κ2) is 57.8. The number of nitrogens with one attached hydrogen (secondary N) is 15. The van der Waals surface area contributed by atoms with Crippen molar-refractivity contribution >= 4 is 129 Å². The maximum absolute atomic E-state index is 15.4. The van der Waals surface area contributed by atoms with Gasteiger partial charge in [0.2, 0.25) is 23.6 Å². The van der Waals surface area contributed by atoms with Crippen molar-refractivity contribution in [2.75, 3.05) is 20.1 Å². The van der Waals surface area contributed by atoms with E-state index in [1.807, 2.05) is 45.7 Å². The Morgan fingerprint density at radius 3 is 1.07 bits per heavy atom. The third kappa shape index (κ3) is 39.3. The smallest absolute Gasteiger partial charge is 0.305 e. The first-order valence-electron chi connectivity index (χ1n) is 42.3. The van der Waals surface area contributed by atoms with E-state index in [1.165, 1.54) is 68.0 Å². The number of aromatic nitrogens is 2. The van der Waals surface area contributed by atoms with E-state index in [0.29, 0.717) is 12.0 Å². The highest BCUT2D eigenvalue weighted by molar-refractivity contribution is 6.21. The highest BCUT2D eigenvalue weighted by Crippen LogP contribution is 2.17. The second-order valence-corrected chi connectivity index (χ2v) is 32.4. The number of amides is 11. The normalized spacial score (nSPS) is 16.8. The van der Waals surface area contributed by atoms with Gasteiger partial charge in [-0.3, -0.25) is 117 Å². The number of rotatable bonds is 67. The Balaban J connectivity index is 4.69. The molecule has 0 saturated carbocycles. The van der Waals surface area contributed by atoms with Gasteiger partial charge in [-0.25, -0.2) is 4.98 Å². The number of aliphatic carboxylic acids is 1. The molecule has 1 rings (SSSR count). The van der Waals surface area contributed by atoms with Crippen LogP contribution in [0.4, 0.5) is 0 Å². The van der Waals surface area contributed by atoms with Gasteiger partial charge in [-0.05, 0) is 89.8 Å². The molecule has 0 fully saturated rings. The molecule has 52 nitrogen and oxygen atoms in total. The fourth-order valence-corrected chi connectivity index (χ4v) is 12.5. The van der Waals surface area contributed by atoms with Gasteiger partial charge in [0.1, 0.15) is 30.9 Å². The number of H-pyrrole nitrogens is 1. The minimum atomic E-state index is -3.04. The Morgan fingerprint density at radius 1 is 0.423 bits per heavy atom. The zero-order valence-electron chi connectivity index (χ0n) is 75.2. The van der Waals surface area contributed by atoms with Crippen molar-refractivity contribution in [2.24, 2.45) is 98.2 Å². The first-order valence-corrected chi connectivity index (χ1v) is 42.3. The van der Waals surface area contributed by atoms with Crippen molar-refractivity contribution in [1.82, 2.24) is 84.4 Å². The monoisotopic (exact) mass is 1850 g/mol. The van der Waals surface area contributed by atoms with Crippen LogP contribution in [0, 0.1) is 23.7 Å². The third-order valence-electron chi connectivity index (χ3n) is 21.2. The molecule has 13 unspecified atom stereocenters. The number of Topliss-reactive ketones (excluding diaryl/α,β-unsaturated/α-hetero) is 9. The highest BCUT2D eigenvalue weighted by Gasteiger charge is 2.48. The second-order valence-electron chi connectivity index (χ2n) is 32.4. The van der Waals surface area contributed by atoms with Gasteiger partial charge < -0.3 is 148 Å². The topological polar surface area (TPSA) is 931 Å². The van der Waals surface area contributed by atoms with Crippen molar-refractivity contribution in [3.63, 3.8) is 0 Å². The SMILES string of the molecule is CC[C@H](C)C(N)C(=O)C(NC(=O)C(NC(=O)C(NC(C)=O)C(=O)[C@@H](N)CC(=O)O)C(=O)C(N)[C@@H](C)CC)C(=O)NC(C(=O)NC(C(=O)NC(C(=O)NC(CC(=O)[C@H](C)NC)C(=O)NC(C(=O)NC(CC(=O)[C@@H](N)Cc1c[nH]cn1)C(=O)NC(C)N[C@H](C=O)CC(C)C)C(=O)[C@@H](N)CCCNC(N)N)C(=O)C(N)[C@@H](C)CC)C(=O)[C@@H](N)CC(N)=O)C(=O)[C@@H](N)CCCNC(N)N. The lowest BCUT2D eigenvalue weighted by Crippen LogP contribution is -2.68. The molecule has 0 spiro atoms. The molecule has 42 N–H and O–H groups in total. The minimum absolute atomic E-state index is 0.00265. The summed E-state index contributed by atoms with van der Waals surface area (Å²) in [7, 11) is 1.29. The molecule has 23 atom stereocenters. The number of hydrogen-bond acceptors (Lipinski definition) is 39. The van der Waals surface area contributed by atoms with Gasteiger partial charge in [0.05, 0.1) is 85.0 Å². The van der Waals surface area contributed by atoms with E-state index < -0.39 is 306 Å². The van der Waals surface area contributed by atoms with Crippen LogP contribution >= 0.6 is 0 Å². The van der Waals surface area contributed by atoms with E-state index >= 15 is 33.6 Å². The van der Waals surface area contributed by atoms with E-state index in [1.54, 1.807) is 6.92 Å². The van der Waals surface area contributed by atoms with Crippen molar-refractivity contribution in [2.45, 2.75) is 293 Å². The summed E-state index contributed by atoms with van der Waals surface area (Å²) < 4.78 is 0. The van der Waals surface area contributed by atoms with E-state index in [4.69, 9.17) is 74.5 Å². The zero-order chi connectivity index (χ0) is 99.8. The van der Waals surface area contributed by atoms with Gasteiger partial charge >= 0.3 is 5.97 Å². The molecule has 0 radical (unpaired) electrons. The van der Waals surface area contributed by atoms with Crippen molar-refractivity contribution < 1.29 is 111 Å². The summed E-state index contributed by atoms with van der Waals surface area (Å²) >= 11 is 0. The fraction of sp³-hybridized carbons (Fsp3) is 0.679. The molecule has 0 bridgehead atoms. The Hall–Kier alpha value is -11.1. The molecule has 0 aliphatic rings. The molecule has 52 heteroatoms. The van der Waals surface area contributed by atoms with Crippen molar-refractivity contribution in [1.29, 1.82) is 0 Å². The number of likely N-dealkylation sites (N-methyl/N-ethyl adjacent to an activating group) is 1. The largest absolute Gasteiger partial charge is 0.481 e. The Kier molecular flexibility index (Phi) is 52.0. The van der Waals surface area contributed by atoms with Gasteiger partial charge in [-0.1, -0.05) is 74.7 Å². The molecular formula is C78H137N29O23. The molecule has 0 saturated heterocycles. The van der Waals surface area contributed by atoms with Gasteiger partial charge in [-0.2, -0.15) is 0 Å². The first kappa shape index (κ1) is 117. The standard InChI is InChI=1S/C78H137N29O23/c1-13-32(6)51(85)65(119)58(71(125)100-45(26-47(110)35(9)92-12)69(123)102-55(61(115)40(79)18-16-20-94-77(88)89)70(124)101-46(27-48(111)42(81)23-38-28-93-30-96-38)68(122)98-36(10)97-39(29-108)22-31(4)5)105-74(128)57(63(117)43(82)24-49(84)112)104-73(127)56(62(116)41(80)19-17-21-95-78(90)91)103-75(129)59(66(120)52(86)33(7)14-2)107-76(130)60(67(121)53(87)34(8)15-3)106-72(126)54(99-37(11)109)64(118)44(83)25-50(113)114/h28-36,39-46,51-60,77-78,92,94-95,97H,13-27,79-83,85-91H2,1-12H3,(H2,84,112)(H,93,96)(H,98,122)(H,99,109)(H,100,125)(H,101,124)(H,102,123)(H,103,129)(H,104,127)(H,105,128)(H,106,126)(H,107,130)(H,113,114)/t32-,33-,34-,35-,36?,39-,40-,41-,42-,43-,44-,45?,46?,51?,52?,53?,54?,55?,56?,57?,58?,59?,60?/m0/s1. The zero-order valence-corrected chi connectivity index (χ0v) is 75.2. The van der Waals surface area contributed by atoms with Gasteiger partial charge in [0, 0.05) is 38.8 Å². The van der Waals surface area contributed by atoms with E-state index in [-0.39, 0.29) is 70.4 Å². The van der Waals surface area contributed by atoms with Gasteiger partial charge in [-0.15, -0.1) is 0 Å². The molecule has 1 aromatic heterocycles. The molecule has 0 aliphatic carbocycles. The molecule has 130 heavy (non-hydrogen) atoms. The summed E-state index contributed by atoms with van der Waals surface area (Å²) in [4.78, 5) is 321. The van der Waals surface area contributed by atoms with Crippen molar-refractivity contribution in [3.8, 4) is 0 Å². The first-order chi connectivity index (χ1) is 60.6. The van der Waals surface area contributed by atoms with Crippen LogP contribution in [0.3, 0.4) is 0 Å². The summed E-state index contributed by atoms with van der Waals surface area (Å²) in [5.74, 6) is -35.1. The Labute approximate surface area is 751 Å². The predicted octanol–water partition coefficient (Wildman–Crippen LogP) is -14.2. The lowest BCUT2D eigenvalue weighted by Gasteiger charge is -2.30. The summed E-state index contributed by atoms with van der Waals surface area (Å²) in [6.07, 6.45) is -5.13. The van der Waals surface area contributed by atoms with Crippen LogP contribution in [0.2, 0.25) is 0 Å². The third-order valence-corrected chi connectivity index (χ3v) is 21.2. The molecule has 0 aromatic carbocycles. The van der Waals surface area contributed by atoms with Gasteiger partial charge in [0.25, 0.3) is 41.4 Å². The number of carbonyl (C=O) groups is 22. The molecule has 1 heterocycles. The lowest BCUT2D eigenvalue weighted by atomic mass is 9.90. The quantitative estimate of drug-likeness (QED) is 0.0125. The maximum atomic E-state index is 15.4. The highest BCUT2D eigenvalue weighted by atomic mass is 16.4. The number of aldehydes is 1. The van der Waals surface area contributed by atoms with Crippen LogP contribution in [0.5, 0.6) is 0 Å². The van der Waals surface area contributed by atoms with Crippen LogP contribution in [-0.2, 0) is 112 Å². The molecule has 1 aromatic rings. The van der Waals surface area contributed by atoms with E-state index in [0.717, 1.165) is 6.92 Å². The summed E-state index contributed by atoms with van der Waals surface area (Å²) in [6, 6.07) is -40.8. The molecule has 11 amide bonds. The molecular weight excluding hydrogens is 1710 g/mol. The molecule has 0 aliphatic heterocycles. The predicted molar refractivity (Wildman–Crippen MR) is 465 cm³/mol. The number of primary amides is 1. The van der Waals surface area contributed by atoms with E-state index in [9.17, 15) is 77.0 Å². The number of carboxylic acid groups (broad SMARTS) is 1. The average Bonchev–Trinajstić information content (AvgIpc) is 0.954.